The van der Waals surface area contributed by atoms with Crippen molar-refractivity contribution in [3.8, 4) is 0 Å². The van der Waals surface area contributed by atoms with Crippen molar-refractivity contribution >= 4 is 5.97 Å². The van der Waals surface area contributed by atoms with Gasteiger partial charge in [-0.3, -0.25) is 4.79 Å². The molecule has 18 heavy (non-hydrogen) atoms. The van der Waals surface area contributed by atoms with Crippen LogP contribution in [0.1, 0.15) is 24.0 Å². The Kier molecular flexibility index (Phi) is 2.83. The number of rotatable bonds is 3. The second kappa shape index (κ2) is 3.96. The third-order valence-electron chi connectivity index (χ3n) is 3.19. The Labute approximate surface area is 100 Å². The van der Waals surface area contributed by atoms with Gasteiger partial charge in [-0.15, -0.1) is 0 Å². The molecule has 1 aliphatic carbocycles. The van der Waals surface area contributed by atoms with Gasteiger partial charge in [-0.2, -0.15) is 13.2 Å². The molecule has 2 rings (SSSR count). The predicted octanol–water partition coefficient (Wildman–Crippen LogP) is 3.25. The molecule has 0 saturated heterocycles. The summed E-state index contributed by atoms with van der Waals surface area (Å²) in [5.41, 5.74) is -1.96. The number of halogens is 4. The molecule has 0 aliphatic heterocycles. The largest absolute Gasteiger partial charge is 0.481 e. The Bertz CT molecular complexity index is 489. The zero-order valence-electron chi connectivity index (χ0n) is 9.22. The SMILES string of the molecule is O=C(O)C1(Cc2ccc(C(F)(F)F)c(F)c2)CC1. The summed E-state index contributed by atoms with van der Waals surface area (Å²) in [5, 5.41) is 8.94. The molecule has 1 aliphatic rings. The van der Waals surface area contributed by atoms with Gasteiger partial charge in [0, 0.05) is 0 Å². The lowest BCUT2D eigenvalue weighted by Gasteiger charge is -2.12. The number of hydrogen-bond donors (Lipinski definition) is 1. The lowest BCUT2D eigenvalue weighted by Crippen LogP contribution is -2.18. The minimum absolute atomic E-state index is 0.0669. The summed E-state index contributed by atoms with van der Waals surface area (Å²) in [7, 11) is 0. The second-order valence-corrected chi connectivity index (χ2v) is 4.57. The van der Waals surface area contributed by atoms with E-state index in [9.17, 15) is 22.4 Å². The minimum atomic E-state index is -4.73. The van der Waals surface area contributed by atoms with Gasteiger partial charge in [-0.25, -0.2) is 4.39 Å². The first-order valence-corrected chi connectivity index (χ1v) is 5.34. The Hall–Kier alpha value is -1.59. The topological polar surface area (TPSA) is 37.3 Å². The van der Waals surface area contributed by atoms with E-state index in [1.54, 1.807) is 0 Å². The number of carboxylic acids is 1. The molecule has 2 nitrogen and oxygen atoms in total. The lowest BCUT2D eigenvalue weighted by molar-refractivity contribution is -0.143. The van der Waals surface area contributed by atoms with E-state index in [1.165, 1.54) is 0 Å². The maximum atomic E-state index is 13.3. The van der Waals surface area contributed by atoms with Gasteiger partial charge >= 0.3 is 12.1 Å². The smallest absolute Gasteiger partial charge is 0.419 e. The Balaban J connectivity index is 2.23. The average molecular weight is 262 g/mol. The third-order valence-corrected chi connectivity index (χ3v) is 3.19. The number of aliphatic carboxylic acids is 1. The van der Waals surface area contributed by atoms with Crippen molar-refractivity contribution in [2.75, 3.05) is 0 Å². The third kappa shape index (κ3) is 2.32. The lowest BCUT2D eigenvalue weighted by atomic mass is 9.96. The maximum absolute atomic E-state index is 13.3. The molecule has 98 valence electrons. The van der Waals surface area contributed by atoms with Crippen LogP contribution in [-0.2, 0) is 17.4 Å². The Morgan fingerprint density at radius 3 is 2.33 bits per heavy atom. The monoisotopic (exact) mass is 262 g/mol. The van der Waals surface area contributed by atoms with Crippen LogP contribution in [0.25, 0.3) is 0 Å². The van der Waals surface area contributed by atoms with Crippen LogP contribution in [0.3, 0.4) is 0 Å². The van der Waals surface area contributed by atoms with Crippen LogP contribution in [0.4, 0.5) is 17.6 Å². The fraction of sp³-hybridized carbons (Fsp3) is 0.417. The van der Waals surface area contributed by atoms with Crippen molar-refractivity contribution in [1.82, 2.24) is 0 Å². The summed E-state index contributed by atoms with van der Waals surface area (Å²) < 4.78 is 50.2. The van der Waals surface area contributed by atoms with E-state index in [-0.39, 0.29) is 12.0 Å². The van der Waals surface area contributed by atoms with Crippen LogP contribution in [0.2, 0.25) is 0 Å². The zero-order chi connectivity index (χ0) is 13.6. The van der Waals surface area contributed by atoms with Gasteiger partial charge in [0.25, 0.3) is 0 Å². The van der Waals surface area contributed by atoms with Crippen molar-refractivity contribution in [3.05, 3.63) is 35.1 Å². The van der Waals surface area contributed by atoms with Gasteiger partial charge in [0.2, 0.25) is 0 Å². The maximum Gasteiger partial charge on any atom is 0.419 e. The fourth-order valence-electron chi connectivity index (χ4n) is 1.91. The van der Waals surface area contributed by atoms with Gasteiger partial charge in [-0.05, 0) is 37.0 Å². The van der Waals surface area contributed by atoms with E-state index < -0.39 is 28.9 Å². The molecule has 1 saturated carbocycles. The molecular formula is C12H10F4O2. The zero-order valence-corrected chi connectivity index (χ0v) is 9.22. The molecule has 0 unspecified atom stereocenters. The molecule has 1 fully saturated rings. The van der Waals surface area contributed by atoms with Crippen LogP contribution >= 0.6 is 0 Å². The number of benzene rings is 1. The standard InChI is InChI=1S/C12H10F4O2/c13-9-5-7(1-2-8(9)12(14,15)16)6-11(3-4-11)10(17)18/h1-2,5H,3-4,6H2,(H,17,18). The Morgan fingerprint density at radius 2 is 1.94 bits per heavy atom. The highest BCUT2D eigenvalue weighted by atomic mass is 19.4. The van der Waals surface area contributed by atoms with Crippen molar-refractivity contribution in [1.29, 1.82) is 0 Å². The summed E-state index contributed by atoms with van der Waals surface area (Å²) >= 11 is 0. The first-order chi connectivity index (χ1) is 8.24. The van der Waals surface area contributed by atoms with Gasteiger partial charge in [0.05, 0.1) is 11.0 Å². The molecule has 0 aromatic heterocycles. The van der Waals surface area contributed by atoms with Crippen molar-refractivity contribution in [2.45, 2.75) is 25.4 Å². The molecule has 0 radical (unpaired) electrons. The summed E-state index contributed by atoms with van der Waals surface area (Å²) in [6.07, 6.45) is -3.71. The molecule has 0 amide bonds. The molecule has 0 bridgehead atoms. The highest BCUT2D eigenvalue weighted by molar-refractivity contribution is 5.78. The summed E-state index contributed by atoms with van der Waals surface area (Å²) in [6, 6.07) is 2.56. The molecule has 6 heteroatoms. The number of hydrogen-bond acceptors (Lipinski definition) is 1. The van der Waals surface area contributed by atoms with Crippen LogP contribution in [0.5, 0.6) is 0 Å². The van der Waals surface area contributed by atoms with E-state index in [4.69, 9.17) is 5.11 Å². The Morgan fingerprint density at radius 1 is 1.33 bits per heavy atom. The highest BCUT2D eigenvalue weighted by Gasteiger charge is 2.50. The van der Waals surface area contributed by atoms with Crippen molar-refractivity contribution < 1.29 is 27.5 Å². The molecule has 0 spiro atoms. The highest BCUT2D eigenvalue weighted by Crippen LogP contribution is 2.48. The van der Waals surface area contributed by atoms with E-state index in [0.29, 0.717) is 18.9 Å². The van der Waals surface area contributed by atoms with Gasteiger partial charge in [0.1, 0.15) is 5.82 Å². The fourth-order valence-corrected chi connectivity index (χ4v) is 1.91. The van der Waals surface area contributed by atoms with Crippen molar-refractivity contribution in [2.24, 2.45) is 5.41 Å². The van der Waals surface area contributed by atoms with E-state index in [1.807, 2.05) is 0 Å². The molecular weight excluding hydrogens is 252 g/mol. The quantitative estimate of drug-likeness (QED) is 0.849. The van der Waals surface area contributed by atoms with E-state index >= 15 is 0 Å². The number of alkyl halides is 3. The molecule has 0 heterocycles. The molecule has 0 atom stereocenters. The molecule has 1 aromatic carbocycles. The van der Waals surface area contributed by atoms with Crippen LogP contribution < -0.4 is 0 Å². The van der Waals surface area contributed by atoms with E-state index in [2.05, 4.69) is 0 Å². The molecule has 1 aromatic rings. The first kappa shape index (κ1) is 12.9. The van der Waals surface area contributed by atoms with Crippen LogP contribution in [0, 0.1) is 11.2 Å². The average Bonchev–Trinajstić information content (AvgIpc) is 2.96. The van der Waals surface area contributed by atoms with Crippen molar-refractivity contribution in [3.63, 3.8) is 0 Å². The van der Waals surface area contributed by atoms with Gasteiger partial charge in [-0.1, -0.05) is 6.07 Å². The second-order valence-electron chi connectivity index (χ2n) is 4.57. The minimum Gasteiger partial charge on any atom is -0.481 e. The van der Waals surface area contributed by atoms with Crippen LogP contribution in [-0.4, -0.2) is 11.1 Å². The number of carbonyl (C=O) groups is 1. The first-order valence-electron chi connectivity index (χ1n) is 5.34. The normalized spacial score (nSPS) is 17.6. The summed E-state index contributed by atoms with van der Waals surface area (Å²) in [4.78, 5) is 10.9. The summed E-state index contributed by atoms with van der Waals surface area (Å²) in [5.74, 6) is -2.34. The number of carboxylic acid groups (broad SMARTS) is 1. The van der Waals surface area contributed by atoms with Crippen LogP contribution in [0.15, 0.2) is 18.2 Å². The predicted molar refractivity (Wildman–Crippen MR) is 54.4 cm³/mol. The van der Waals surface area contributed by atoms with E-state index in [0.717, 1.165) is 12.1 Å². The summed E-state index contributed by atoms with van der Waals surface area (Å²) in [6.45, 7) is 0. The van der Waals surface area contributed by atoms with Gasteiger partial charge in [0.15, 0.2) is 0 Å². The van der Waals surface area contributed by atoms with Gasteiger partial charge < -0.3 is 5.11 Å². The molecule has 1 N–H and O–H groups in total.